The average Bonchev–Trinajstić information content (AvgIpc) is 3.63. The first-order valence-corrected chi connectivity index (χ1v) is 15.5. The van der Waals surface area contributed by atoms with Crippen LogP contribution < -0.4 is 9.62 Å². The highest BCUT2D eigenvalue weighted by molar-refractivity contribution is 7.99. The SMILES string of the molecule is C#C.CNC(=O)c1c(-c2ccc(F)cc2)oc2cc(N(C)SC)ccc12.Cn1cc(C(=O)N2CCCCC2)c2ccccc21. The lowest BCUT2D eigenvalue weighted by atomic mass is 10.0. The fraction of sp³-hybridized carbons (Fsp3) is 0.257. The second-order valence-corrected chi connectivity index (χ2v) is 11.2. The van der Waals surface area contributed by atoms with Crippen molar-refractivity contribution in [3.05, 3.63) is 89.9 Å². The highest BCUT2D eigenvalue weighted by Gasteiger charge is 2.23. The van der Waals surface area contributed by atoms with Gasteiger partial charge in [-0.3, -0.25) is 9.59 Å². The van der Waals surface area contributed by atoms with Gasteiger partial charge in [-0.15, -0.1) is 12.8 Å². The van der Waals surface area contributed by atoms with Crippen molar-refractivity contribution in [3.8, 4) is 24.2 Å². The molecule has 0 bridgehead atoms. The molecule has 0 atom stereocenters. The summed E-state index contributed by atoms with van der Waals surface area (Å²) in [6, 6.07) is 19.7. The Hall–Kier alpha value is -4.68. The zero-order valence-corrected chi connectivity index (χ0v) is 26.3. The van der Waals surface area contributed by atoms with Gasteiger partial charge in [-0.1, -0.05) is 30.1 Å². The topological polar surface area (TPSA) is 70.7 Å². The number of piperidine rings is 1. The summed E-state index contributed by atoms with van der Waals surface area (Å²) in [5, 5.41) is 4.44. The number of fused-ring (bicyclic) bond motifs is 2. The van der Waals surface area contributed by atoms with Gasteiger partial charge in [-0.25, -0.2) is 4.39 Å². The van der Waals surface area contributed by atoms with E-state index in [0.29, 0.717) is 22.5 Å². The molecule has 228 valence electrons. The van der Waals surface area contributed by atoms with Crippen molar-refractivity contribution in [1.29, 1.82) is 0 Å². The molecule has 0 radical (unpaired) electrons. The van der Waals surface area contributed by atoms with Crippen molar-refractivity contribution in [2.45, 2.75) is 19.3 Å². The lowest BCUT2D eigenvalue weighted by Crippen LogP contribution is -2.35. The van der Waals surface area contributed by atoms with E-state index in [-0.39, 0.29) is 17.6 Å². The summed E-state index contributed by atoms with van der Waals surface area (Å²) in [5.74, 6) is 0.0547. The number of halogens is 1. The predicted molar refractivity (Wildman–Crippen MR) is 179 cm³/mol. The molecule has 1 aliphatic rings. The minimum absolute atomic E-state index is 0.187. The first-order chi connectivity index (χ1) is 21.3. The molecule has 1 saturated heterocycles. The van der Waals surface area contributed by atoms with Crippen LogP contribution in [0.25, 0.3) is 33.2 Å². The van der Waals surface area contributed by atoms with Gasteiger partial charge in [0.05, 0.1) is 16.8 Å². The van der Waals surface area contributed by atoms with E-state index in [2.05, 4.69) is 24.2 Å². The van der Waals surface area contributed by atoms with Crippen LogP contribution in [0.1, 0.15) is 40.0 Å². The number of aromatic nitrogens is 1. The van der Waals surface area contributed by atoms with Crippen LogP contribution in [0.5, 0.6) is 0 Å². The molecule has 1 fully saturated rings. The number of para-hydroxylation sites is 1. The minimum atomic E-state index is -0.333. The van der Waals surface area contributed by atoms with Gasteiger partial charge >= 0.3 is 0 Å². The van der Waals surface area contributed by atoms with Crippen molar-refractivity contribution in [1.82, 2.24) is 14.8 Å². The number of amides is 2. The van der Waals surface area contributed by atoms with Crippen LogP contribution >= 0.6 is 11.9 Å². The first kappa shape index (κ1) is 32.2. The molecule has 44 heavy (non-hydrogen) atoms. The standard InChI is InChI=1S/C18H17FN2O2S.C15H18N2O.C2H2/c1-20-18(22)16-14-9-8-13(21(2)24-3)10-15(14)23-17(16)11-4-6-12(19)7-5-11;1-16-11-13(12-7-3-4-8-14(12)16)15(18)17-9-5-2-6-10-17;1-2/h4-10H,1-3H3,(H,20,22);3-4,7-8,11H,2,5-6,9-10H2,1H3;1-2H. The maximum absolute atomic E-state index is 13.2. The predicted octanol–water partition coefficient (Wildman–Crippen LogP) is 7.37. The van der Waals surface area contributed by atoms with Crippen LogP contribution in [-0.4, -0.2) is 54.7 Å². The number of anilines is 1. The van der Waals surface area contributed by atoms with Crippen molar-refractivity contribution in [2.75, 3.05) is 37.7 Å². The first-order valence-electron chi connectivity index (χ1n) is 14.3. The highest BCUT2D eigenvalue weighted by atomic mass is 32.2. The number of hydrogen-bond acceptors (Lipinski definition) is 5. The Morgan fingerprint density at radius 2 is 1.66 bits per heavy atom. The number of carbonyl (C=O) groups excluding carboxylic acids is 2. The highest BCUT2D eigenvalue weighted by Crippen LogP contribution is 2.36. The molecule has 7 nitrogen and oxygen atoms in total. The Balaban J connectivity index is 0.000000197. The van der Waals surface area contributed by atoms with E-state index in [1.165, 1.54) is 18.6 Å². The molecule has 0 aliphatic carbocycles. The molecule has 2 amide bonds. The number of rotatable bonds is 5. The van der Waals surface area contributed by atoms with Crippen molar-refractivity contribution in [3.63, 3.8) is 0 Å². The summed E-state index contributed by atoms with van der Waals surface area (Å²) in [6.45, 7) is 1.81. The molecule has 6 rings (SSSR count). The van der Waals surface area contributed by atoms with Crippen LogP contribution in [-0.2, 0) is 7.05 Å². The molecule has 3 aromatic carbocycles. The van der Waals surface area contributed by atoms with Crippen LogP contribution in [0.4, 0.5) is 10.1 Å². The summed E-state index contributed by atoms with van der Waals surface area (Å²) in [5.41, 5.74) is 4.67. The number of terminal acetylenes is 1. The fourth-order valence-electron chi connectivity index (χ4n) is 5.32. The van der Waals surface area contributed by atoms with Crippen LogP contribution in [0, 0.1) is 18.7 Å². The van der Waals surface area contributed by atoms with E-state index < -0.39 is 0 Å². The van der Waals surface area contributed by atoms with Gasteiger partial charge in [0, 0.05) is 74.6 Å². The number of nitrogens with zero attached hydrogens (tertiary/aromatic N) is 3. The number of carbonyl (C=O) groups is 2. The van der Waals surface area contributed by atoms with Gasteiger partial charge in [-0.05, 0) is 61.7 Å². The normalized spacial score (nSPS) is 12.6. The molecule has 2 aromatic heterocycles. The largest absolute Gasteiger partial charge is 0.455 e. The third-order valence-corrected chi connectivity index (χ3v) is 8.40. The molecule has 0 saturated carbocycles. The number of nitrogens with one attached hydrogen (secondary N) is 1. The van der Waals surface area contributed by atoms with Gasteiger partial charge in [-0.2, -0.15) is 0 Å². The second kappa shape index (κ2) is 14.7. The fourth-order valence-corrected chi connectivity index (χ4v) is 5.65. The zero-order valence-electron chi connectivity index (χ0n) is 25.5. The molecule has 3 heterocycles. The van der Waals surface area contributed by atoms with Gasteiger partial charge in [0.2, 0.25) is 0 Å². The molecular weight excluding hydrogens is 575 g/mol. The quantitative estimate of drug-likeness (QED) is 0.166. The lowest BCUT2D eigenvalue weighted by molar-refractivity contribution is 0.0726. The number of aryl methyl sites for hydroxylation is 1. The molecule has 0 spiro atoms. The van der Waals surface area contributed by atoms with Gasteiger partial charge in [0.1, 0.15) is 17.2 Å². The zero-order chi connectivity index (χ0) is 31.8. The Labute approximate surface area is 262 Å². The van der Waals surface area contributed by atoms with E-state index in [1.807, 2.05) is 76.7 Å². The maximum atomic E-state index is 13.2. The Morgan fingerprint density at radius 3 is 2.32 bits per heavy atom. The summed E-state index contributed by atoms with van der Waals surface area (Å²) < 4.78 is 23.2. The van der Waals surface area contributed by atoms with Crippen molar-refractivity contribution in [2.24, 2.45) is 7.05 Å². The lowest BCUT2D eigenvalue weighted by Gasteiger charge is -2.26. The molecule has 0 unspecified atom stereocenters. The third kappa shape index (κ3) is 6.76. The molecule has 1 aliphatic heterocycles. The van der Waals surface area contributed by atoms with E-state index in [9.17, 15) is 14.0 Å². The van der Waals surface area contributed by atoms with Crippen molar-refractivity contribution < 1.29 is 18.4 Å². The Morgan fingerprint density at radius 1 is 0.977 bits per heavy atom. The second-order valence-electron chi connectivity index (χ2n) is 10.3. The molecular formula is C35H37FN4O3S. The summed E-state index contributed by atoms with van der Waals surface area (Å²) in [7, 11) is 5.52. The van der Waals surface area contributed by atoms with E-state index in [0.717, 1.165) is 53.5 Å². The van der Waals surface area contributed by atoms with Gasteiger partial charge < -0.3 is 23.5 Å². The summed E-state index contributed by atoms with van der Waals surface area (Å²) >= 11 is 1.58. The van der Waals surface area contributed by atoms with Gasteiger partial charge in [0.25, 0.3) is 11.8 Å². The maximum Gasteiger partial charge on any atom is 0.256 e. The smallest absolute Gasteiger partial charge is 0.256 e. The van der Waals surface area contributed by atoms with Gasteiger partial charge in [0.15, 0.2) is 0 Å². The Bertz CT molecular complexity index is 1770. The monoisotopic (exact) mass is 612 g/mol. The minimum Gasteiger partial charge on any atom is -0.455 e. The summed E-state index contributed by atoms with van der Waals surface area (Å²) in [4.78, 5) is 26.9. The number of hydrogen-bond donors (Lipinski definition) is 1. The van der Waals surface area contributed by atoms with Crippen molar-refractivity contribution >= 4 is 51.3 Å². The molecule has 9 heteroatoms. The van der Waals surface area contributed by atoms with Crippen LogP contribution in [0.3, 0.4) is 0 Å². The Kier molecular flexibility index (Phi) is 10.7. The number of benzene rings is 3. The number of likely N-dealkylation sites (tertiary alicyclic amines) is 1. The van der Waals surface area contributed by atoms with Crippen LogP contribution in [0.2, 0.25) is 0 Å². The van der Waals surface area contributed by atoms with E-state index in [4.69, 9.17) is 4.42 Å². The third-order valence-electron chi connectivity index (χ3n) is 7.64. The van der Waals surface area contributed by atoms with E-state index >= 15 is 0 Å². The summed E-state index contributed by atoms with van der Waals surface area (Å²) in [6.07, 6.45) is 15.5. The number of furan rings is 1. The van der Waals surface area contributed by atoms with Crippen LogP contribution in [0.15, 0.2) is 77.3 Å². The van der Waals surface area contributed by atoms with E-state index in [1.54, 1.807) is 31.1 Å². The average molecular weight is 613 g/mol. The molecule has 1 N–H and O–H groups in total. The molecule has 5 aromatic rings.